The third-order valence-corrected chi connectivity index (χ3v) is 11.0. The molecular formula is C48H52N4. The Kier molecular flexibility index (Phi) is 7.40. The minimum atomic E-state index is 0.0506. The van der Waals surface area contributed by atoms with Crippen LogP contribution in [-0.4, -0.2) is 19.1 Å². The smallest absolute Gasteiger partial charge is 0.138 e. The lowest BCUT2D eigenvalue weighted by molar-refractivity contribution is 0.590. The van der Waals surface area contributed by atoms with Crippen LogP contribution in [0.25, 0.3) is 66.3 Å². The van der Waals surface area contributed by atoms with Crippen LogP contribution in [0.2, 0.25) is 0 Å². The van der Waals surface area contributed by atoms with E-state index in [2.05, 4.69) is 189 Å². The van der Waals surface area contributed by atoms with E-state index in [4.69, 9.17) is 9.97 Å². The van der Waals surface area contributed by atoms with E-state index in [1.807, 2.05) is 0 Å². The summed E-state index contributed by atoms with van der Waals surface area (Å²) < 4.78 is 4.65. The third kappa shape index (κ3) is 5.59. The van der Waals surface area contributed by atoms with Crippen molar-refractivity contribution in [2.24, 2.45) is 0 Å². The van der Waals surface area contributed by atoms with Gasteiger partial charge < -0.3 is 0 Å². The number of fused-ring (bicyclic) bond motifs is 7. The second-order valence-corrected chi connectivity index (χ2v) is 19.0. The third-order valence-electron chi connectivity index (χ3n) is 11.0. The van der Waals surface area contributed by atoms with Crippen LogP contribution < -0.4 is 0 Å². The molecule has 4 heterocycles. The van der Waals surface area contributed by atoms with E-state index in [-0.39, 0.29) is 21.7 Å². The molecule has 52 heavy (non-hydrogen) atoms. The molecule has 0 aliphatic heterocycles. The molecule has 0 aliphatic carbocycles. The van der Waals surface area contributed by atoms with Gasteiger partial charge in [0.1, 0.15) is 11.6 Å². The SMILES string of the molecule is CC(C)(C)c1ccc2c(c1)c1cc(C(C)(C)C)ccc1n2-c1ccc2nc(-n3c4ccc(C(C)(C)C)cc4c4cc(C(C)(C)C)ccc43)ccc2n1. The van der Waals surface area contributed by atoms with Crippen LogP contribution >= 0.6 is 0 Å². The monoisotopic (exact) mass is 684 g/mol. The molecular weight excluding hydrogens is 633 g/mol. The second kappa shape index (κ2) is 11.3. The van der Waals surface area contributed by atoms with Crippen LogP contribution in [-0.2, 0) is 21.7 Å². The predicted molar refractivity (Wildman–Crippen MR) is 223 cm³/mol. The van der Waals surface area contributed by atoms with E-state index in [0.29, 0.717) is 0 Å². The summed E-state index contributed by atoms with van der Waals surface area (Å²) in [6, 6.07) is 36.3. The van der Waals surface area contributed by atoms with Crippen molar-refractivity contribution < 1.29 is 0 Å². The number of hydrogen-bond acceptors (Lipinski definition) is 2. The van der Waals surface area contributed by atoms with Crippen molar-refractivity contribution in [1.82, 2.24) is 19.1 Å². The molecule has 4 nitrogen and oxygen atoms in total. The van der Waals surface area contributed by atoms with Crippen molar-refractivity contribution in [2.45, 2.75) is 105 Å². The molecule has 0 fully saturated rings. The molecule has 8 aromatic rings. The van der Waals surface area contributed by atoms with Gasteiger partial charge in [0.15, 0.2) is 0 Å². The highest BCUT2D eigenvalue weighted by atomic mass is 15.1. The summed E-state index contributed by atoms with van der Waals surface area (Å²) in [5, 5.41) is 5.05. The van der Waals surface area contributed by atoms with Gasteiger partial charge >= 0.3 is 0 Å². The largest absolute Gasteiger partial charge is 0.294 e. The fourth-order valence-electron chi connectivity index (χ4n) is 7.64. The Labute approximate surface area is 308 Å². The Balaban J connectivity index is 1.31. The first kappa shape index (κ1) is 34.1. The predicted octanol–water partition coefficient (Wildman–Crippen LogP) is 13.0. The summed E-state index contributed by atoms with van der Waals surface area (Å²) in [7, 11) is 0. The molecule has 0 N–H and O–H groups in total. The molecule has 0 atom stereocenters. The Hall–Kier alpha value is -4.96. The van der Waals surface area contributed by atoms with Crippen molar-refractivity contribution in [3.8, 4) is 11.6 Å². The maximum atomic E-state index is 5.28. The molecule has 0 bridgehead atoms. The Morgan fingerprint density at radius 3 is 0.808 bits per heavy atom. The van der Waals surface area contributed by atoms with Gasteiger partial charge in [-0.1, -0.05) is 107 Å². The lowest BCUT2D eigenvalue weighted by Gasteiger charge is -2.19. The summed E-state index contributed by atoms with van der Waals surface area (Å²) in [4.78, 5) is 10.6. The van der Waals surface area contributed by atoms with Crippen molar-refractivity contribution in [1.29, 1.82) is 0 Å². The fraction of sp³-hybridized carbons (Fsp3) is 0.333. The number of pyridine rings is 2. The Morgan fingerprint density at radius 1 is 0.327 bits per heavy atom. The zero-order valence-electron chi connectivity index (χ0n) is 33.0. The average Bonchev–Trinajstić information content (AvgIpc) is 3.57. The van der Waals surface area contributed by atoms with Crippen LogP contribution in [0, 0.1) is 0 Å². The van der Waals surface area contributed by atoms with Crippen LogP contribution in [0.1, 0.15) is 105 Å². The lowest BCUT2D eigenvalue weighted by Crippen LogP contribution is -2.10. The quantitative estimate of drug-likeness (QED) is 0.182. The van der Waals surface area contributed by atoms with Crippen molar-refractivity contribution in [3.05, 3.63) is 119 Å². The molecule has 0 saturated heterocycles. The maximum absolute atomic E-state index is 5.28. The number of hydrogen-bond donors (Lipinski definition) is 0. The average molecular weight is 685 g/mol. The van der Waals surface area contributed by atoms with Gasteiger partial charge in [0.05, 0.1) is 33.1 Å². The highest BCUT2D eigenvalue weighted by Crippen LogP contribution is 2.39. The van der Waals surface area contributed by atoms with Crippen LogP contribution in [0.3, 0.4) is 0 Å². The lowest BCUT2D eigenvalue weighted by atomic mass is 9.85. The summed E-state index contributed by atoms with van der Waals surface area (Å²) in [6.07, 6.45) is 0. The summed E-state index contributed by atoms with van der Waals surface area (Å²) in [5.74, 6) is 1.80. The highest BCUT2D eigenvalue weighted by Gasteiger charge is 2.23. The molecule has 0 spiro atoms. The van der Waals surface area contributed by atoms with E-state index in [1.54, 1.807) is 0 Å². The molecule has 264 valence electrons. The first-order valence-electron chi connectivity index (χ1n) is 18.8. The topological polar surface area (TPSA) is 35.6 Å². The molecule has 0 unspecified atom stereocenters. The Morgan fingerprint density at radius 2 is 0.577 bits per heavy atom. The Bertz CT molecular complexity index is 2380. The zero-order chi connectivity index (χ0) is 37.1. The van der Waals surface area contributed by atoms with Crippen LogP contribution in [0.15, 0.2) is 97.1 Å². The summed E-state index contributed by atoms with van der Waals surface area (Å²) in [5.41, 5.74) is 11.9. The molecule has 4 heteroatoms. The number of nitrogens with zero attached hydrogens (tertiary/aromatic N) is 4. The molecule has 0 aliphatic rings. The van der Waals surface area contributed by atoms with Gasteiger partial charge in [-0.25, -0.2) is 9.97 Å². The van der Waals surface area contributed by atoms with Gasteiger partial charge in [0.2, 0.25) is 0 Å². The zero-order valence-corrected chi connectivity index (χ0v) is 33.0. The van der Waals surface area contributed by atoms with Gasteiger partial charge in [0, 0.05) is 21.5 Å². The van der Waals surface area contributed by atoms with Crippen LogP contribution in [0.5, 0.6) is 0 Å². The van der Waals surface area contributed by atoms with E-state index < -0.39 is 0 Å². The van der Waals surface area contributed by atoms with Crippen molar-refractivity contribution >= 4 is 54.6 Å². The molecule has 0 radical (unpaired) electrons. The molecule has 0 saturated carbocycles. The van der Waals surface area contributed by atoms with Crippen molar-refractivity contribution in [2.75, 3.05) is 0 Å². The number of aromatic nitrogens is 4. The second-order valence-electron chi connectivity index (χ2n) is 19.0. The molecule has 8 rings (SSSR count). The molecule has 4 aromatic heterocycles. The van der Waals surface area contributed by atoms with Gasteiger partial charge in [-0.2, -0.15) is 0 Å². The van der Waals surface area contributed by atoms with Gasteiger partial charge in [-0.15, -0.1) is 0 Å². The first-order valence-corrected chi connectivity index (χ1v) is 18.8. The summed E-state index contributed by atoms with van der Waals surface area (Å²) in [6.45, 7) is 27.4. The first-order chi connectivity index (χ1) is 24.3. The van der Waals surface area contributed by atoms with Gasteiger partial charge in [-0.3, -0.25) is 9.13 Å². The minimum Gasteiger partial charge on any atom is -0.294 e. The summed E-state index contributed by atoms with van der Waals surface area (Å²) >= 11 is 0. The highest BCUT2D eigenvalue weighted by molar-refractivity contribution is 6.11. The van der Waals surface area contributed by atoms with Crippen molar-refractivity contribution in [3.63, 3.8) is 0 Å². The minimum absolute atomic E-state index is 0.0506. The van der Waals surface area contributed by atoms with E-state index >= 15 is 0 Å². The van der Waals surface area contributed by atoms with Gasteiger partial charge in [0.25, 0.3) is 0 Å². The van der Waals surface area contributed by atoms with E-state index in [9.17, 15) is 0 Å². The van der Waals surface area contributed by atoms with E-state index in [1.165, 1.54) is 65.9 Å². The standard InChI is InChI=1S/C48H52N4/c1-45(2,3)29-13-19-39-33(25-29)34-26-30(46(4,5)6)14-20-40(34)51(39)43-23-17-38-37(49-43)18-24-44(50-38)52-41-21-15-31(47(7,8)9)27-35(41)36-28-32(48(10,11)12)16-22-42(36)52/h13-28H,1-12H3. The van der Waals surface area contributed by atoms with Gasteiger partial charge in [-0.05, 0) is 117 Å². The molecule has 0 amide bonds. The van der Waals surface area contributed by atoms with Crippen LogP contribution in [0.4, 0.5) is 0 Å². The van der Waals surface area contributed by atoms with E-state index in [0.717, 1.165) is 22.7 Å². The fourth-order valence-corrected chi connectivity index (χ4v) is 7.64. The molecule has 4 aromatic carbocycles. The number of rotatable bonds is 2. The normalized spacial score (nSPS) is 13.4. The number of benzene rings is 4. The maximum Gasteiger partial charge on any atom is 0.138 e.